The summed E-state index contributed by atoms with van der Waals surface area (Å²) in [6.45, 7) is 0.689. The second kappa shape index (κ2) is 4.54. The van der Waals surface area contributed by atoms with Gasteiger partial charge in [0.1, 0.15) is 6.04 Å². The number of halogens is 1. The largest absolute Gasteiger partial charge is 0.480 e. The molecule has 0 spiro atoms. The Hall–Kier alpha value is -0.320. The molecule has 1 heterocycles. The molecule has 0 aromatic carbocycles. The molecule has 4 nitrogen and oxygen atoms in total. The predicted molar refractivity (Wildman–Crippen MR) is 41.9 cm³/mol. The van der Waals surface area contributed by atoms with Gasteiger partial charge in [-0.15, -0.1) is 12.4 Å². The Morgan fingerprint density at radius 1 is 1.55 bits per heavy atom. The van der Waals surface area contributed by atoms with Gasteiger partial charge in [0, 0.05) is 0 Å². The van der Waals surface area contributed by atoms with Gasteiger partial charge in [-0.25, -0.2) is 0 Å². The summed E-state index contributed by atoms with van der Waals surface area (Å²) in [5.74, 6) is -0.966. The highest BCUT2D eigenvalue weighted by atomic mass is 35.5. The summed E-state index contributed by atoms with van der Waals surface area (Å²) in [5.41, 5.74) is 0. The summed E-state index contributed by atoms with van der Waals surface area (Å²) in [7, 11) is 0. The zero-order valence-corrected chi connectivity index (χ0v) is 6.80. The number of nitrogens with one attached hydrogen (secondary N) is 1. The van der Waals surface area contributed by atoms with E-state index in [1.54, 1.807) is 0 Å². The molecule has 1 rings (SSSR count). The summed E-state index contributed by atoms with van der Waals surface area (Å²) in [5, 5.41) is 20.3. The van der Waals surface area contributed by atoms with Gasteiger partial charge in [-0.3, -0.25) is 4.79 Å². The average molecular weight is 182 g/mol. The number of piperidine rings is 1. The molecule has 66 valence electrons. The number of aliphatic hydroxyl groups is 1. The average Bonchev–Trinajstić information content (AvgIpc) is 1.88. The lowest BCUT2D eigenvalue weighted by atomic mass is 10.0. The smallest absolute Gasteiger partial charge is 0.323 e. The van der Waals surface area contributed by atoms with Crippen LogP contribution in [0, 0.1) is 0 Å². The summed E-state index contributed by atoms with van der Waals surface area (Å²) in [6, 6.07) is -0.756. The number of hydrogen-bond donors (Lipinski definition) is 3. The standard InChI is InChI=1S/C6H11NO3.ClH/c8-4-2-1-3-7-5(4)6(9)10;/h4-5,7-8H,1-3H2,(H,9,10);1H. The van der Waals surface area contributed by atoms with E-state index in [9.17, 15) is 4.79 Å². The fourth-order valence-electron chi connectivity index (χ4n) is 1.12. The minimum Gasteiger partial charge on any atom is -0.480 e. The van der Waals surface area contributed by atoms with Gasteiger partial charge >= 0.3 is 5.97 Å². The zero-order chi connectivity index (χ0) is 7.56. The Kier molecular flexibility index (Phi) is 4.40. The Morgan fingerprint density at radius 2 is 2.18 bits per heavy atom. The monoisotopic (exact) mass is 181 g/mol. The number of carbonyl (C=O) groups is 1. The van der Waals surface area contributed by atoms with Gasteiger partial charge in [0.25, 0.3) is 0 Å². The molecular weight excluding hydrogens is 170 g/mol. The molecule has 11 heavy (non-hydrogen) atoms. The van der Waals surface area contributed by atoms with Crippen LogP contribution >= 0.6 is 12.4 Å². The minimum absolute atomic E-state index is 0. The number of carboxylic acid groups (broad SMARTS) is 1. The first-order valence-corrected chi connectivity index (χ1v) is 3.36. The van der Waals surface area contributed by atoms with Gasteiger partial charge in [-0.2, -0.15) is 0 Å². The predicted octanol–water partition coefficient (Wildman–Crippen LogP) is -0.394. The molecule has 1 saturated heterocycles. The maximum Gasteiger partial charge on any atom is 0.323 e. The normalized spacial score (nSPS) is 30.6. The van der Waals surface area contributed by atoms with Crippen molar-refractivity contribution in [2.75, 3.05) is 6.54 Å². The molecule has 0 aliphatic carbocycles. The van der Waals surface area contributed by atoms with Crippen molar-refractivity contribution in [3.63, 3.8) is 0 Å². The van der Waals surface area contributed by atoms with E-state index in [-0.39, 0.29) is 12.4 Å². The van der Waals surface area contributed by atoms with Crippen molar-refractivity contribution in [3.05, 3.63) is 0 Å². The summed E-state index contributed by atoms with van der Waals surface area (Å²) >= 11 is 0. The van der Waals surface area contributed by atoms with Gasteiger partial charge in [-0.05, 0) is 19.4 Å². The maximum atomic E-state index is 10.3. The van der Waals surface area contributed by atoms with Crippen molar-refractivity contribution in [2.24, 2.45) is 0 Å². The van der Waals surface area contributed by atoms with E-state index >= 15 is 0 Å². The molecule has 0 aromatic rings. The van der Waals surface area contributed by atoms with Crippen LogP contribution in [-0.4, -0.2) is 34.9 Å². The molecule has 1 aliphatic heterocycles. The Labute approximate surface area is 71.0 Å². The molecule has 0 radical (unpaired) electrons. The van der Waals surface area contributed by atoms with E-state index in [1.807, 2.05) is 0 Å². The Bertz CT molecular complexity index is 142. The van der Waals surface area contributed by atoms with Crippen molar-refractivity contribution in [3.8, 4) is 0 Å². The highest BCUT2D eigenvalue weighted by Gasteiger charge is 2.28. The van der Waals surface area contributed by atoms with Crippen LogP contribution in [0.3, 0.4) is 0 Å². The molecule has 0 amide bonds. The third kappa shape index (κ3) is 2.65. The molecular formula is C6H12ClNO3. The number of aliphatic hydroxyl groups excluding tert-OH is 1. The summed E-state index contributed by atoms with van der Waals surface area (Å²) in [6.07, 6.45) is 0.723. The van der Waals surface area contributed by atoms with Crippen LogP contribution < -0.4 is 5.32 Å². The van der Waals surface area contributed by atoms with Crippen molar-refractivity contribution < 1.29 is 15.0 Å². The van der Waals surface area contributed by atoms with Crippen LogP contribution in [0.1, 0.15) is 12.8 Å². The molecule has 3 N–H and O–H groups in total. The number of rotatable bonds is 1. The molecule has 1 fully saturated rings. The first-order chi connectivity index (χ1) is 4.72. The molecule has 0 bridgehead atoms. The summed E-state index contributed by atoms with van der Waals surface area (Å²) in [4.78, 5) is 10.3. The number of aliphatic carboxylic acids is 1. The quantitative estimate of drug-likeness (QED) is 0.515. The SMILES string of the molecule is Cl.O=C(O)C1NCCCC1O. The minimum atomic E-state index is -0.966. The molecule has 2 atom stereocenters. The van der Waals surface area contributed by atoms with Crippen LogP contribution in [0.2, 0.25) is 0 Å². The van der Waals surface area contributed by atoms with E-state index in [0.29, 0.717) is 13.0 Å². The highest BCUT2D eigenvalue weighted by Crippen LogP contribution is 2.07. The molecule has 0 aromatic heterocycles. The van der Waals surface area contributed by atoms with E-state index in [4.69, 9.17) is 10.2 Å². The first kappa shape index (κ1) is 10.7. The Morgan fingerprint density at radius 3 is 2.55 bits per heavy atom. The van der Waals surface area contributed by atoms with Crippen LogP contribution in [0.5, 0.6) is 0 Å². The van der Waals surface area contributed by atoms with Gasteiger partial charge in [-0.1, -0.05) is 0 Å². The Balaban J connectivity index is 0.000001000. The highest BCUT2D eigenvalue weighted by molar-refractivity contribution is 5.85. The molecule has 2 unspecified atom stereocenters. The van der Waals surface area contributed by atoms with Crippen molar-refractivity contribution >= 4 is 18.4 Å². The lowest BCUT2D eigenvalue weighted by Crippen LogP contribution is -2.49. The lowest BCUT2D eigenvalue weighted by molar-refractivity contribution is -0.143. The van der Waals surface area contributed by atoms with E-state index in [0.717, 1.165) is 6.42 Å². The lowest BCUT2D eigenvalue weighted by Gasteiger charge is -2.24. The fourth-order valence-corrected chi connectivity index (χ4v) is 1.12. The van der Waals surface area contributed by atoms with Crippen LogP contribution in [0.15, 0.2) is 0 Å². The van der Waals surface area contributed by atoms with Crippen molar-refractivity contribution in [1.29, 1.82) is 0 Å². The van der Waals surface area contributed by atoms with Gasteiger partial charge in [0.05, 0.1) is 6.10 Å². The van der Waals surface area contributed by atoms with Crippen LogP contribution in [0.4, 0.5) is 0 Å². The molecule has 5 heteroatoms. The maximum absolute atomic E-state index is 10.3. The number of hydrogen-bond acceptors (Lipinski definition) is 3. The van der Waals surface area contributed by atoms with E-state index in [2.05, 4.69) is 5.32 Å². The van der Waals surface area contributed by atoms with E-state index < -0.39 is 18.1 Å². The second-order valence-electron chi connectivity index (χ2n) is 2.48. The third-order valence-electron chi connectivity index (χ3n) is 1.69. The first-order valence-electron chi connectivity index (χ1n) is 3.36. The van der Waals surface area contributed by atoms with Crippen molar-refractivity contribution in [1.82, 2.24) is 5.32 Å². The van der Waals surface area contributed by atoms with Gasteiger partial charge in [0.15, 0.2) is 0 Å². The number of carboxylic acids is 1. The van der Waals surface area contributed by atoms with E-state index in [1.165, 1.54) is 0 Å². The van der Waals surface area contributed by atoms with Crippen molar-refractivity contribution in [2.45, 2.75) is 25.0 Å². The molecule has 0 saturated carbocycles. The fraction of sp³-hybridized carbons (Fsp3) is 0.833. The third-order valence-corrected chi connectivity index (χ3v) is 1.69. The van der Waals surface area contributed by atoms with Gasteiger partial charge in [0.2, 0.25) is 0 Å². The molecule has 1 aliphatic rings. The van der Waals surface area contributed by atoms with Crippen LogP contribution in [0.25, 0.3) is 0 Å². The second-order valence-corrected chi connectivity index (χ2v) is 2.48. The van der Waals surface area contributed by atoms with Crippen LogP contribution in [-0.2, 0) is 4.79 Å². The zero-order valence-electron chi connectivity index (χ0n) is 5.99. The van der Waals surface area contributed by atoms with Gasteiger partial charge < -0.3 is 15.5 Å². The topological polar surface area (TPSA) is 69.6 Å². The summed E-state index contributed by atoms with van der Waals surface area (Å²) < 4.78 is 0.